The van der Waals surface area contributed by atoms with Crippen LogP contribution in [-0.2, 0) is 9.53 Å². The molecule has 0 aromatic heterocycles. The summed E-state index contributed by atoms with van der Waals surface area (Å²) in [5.74, 6) is -0.676. The third-order valence-corrected chi connectivity index (χ3v) is 3.41. The molecule has 0 heterocycles. The van der Waals surface area contributed by atoms with Gasteiger partial charge in [-0.05, 0) is 22.3 Å². The van der Waals surface area contributed by atoms with Crippen LogP contribution in [0.4, 0.5) is 0 Å². The van der Waals surface area contributed by atoms with Gasteiger partial charge in [0, 0.05) is 0 Å². The van der Waals surface area contributed by atoms with Crippen LogP contribution in [0.15, 0.2) is 48.5 Å². The first-order valence-electron chi connectivity index (χ1n) is 6.28. The molecule has 0 radical (unpaired) electrons. The van der Waals surface area contributed by atoms with Gasteiger partial charge in [0.25, 0.3) is 0 Å². The van der Waals surface area contributed by atoms with Crippen molar-refractivity contribution in [3.8, 4) is 11.1 Å². The van der Waals surface area contributed by atoms with Crippen LogP contribution in [0.5, 0.6) is 0 Å². The number of hydrogen-bond acceptors (Lipinski definition) is 3. The highest BCUT2D eigenvalue weighted by Crippen LogP contribution is 2.44. The van der Waals surface area contributed by atoms with Gasteiger partial charge in [0.05, 0.1) is 6.61 Å². The maximum atomic E-state index is 12.2. The molecular weight excluding hydrogens is 240 g/mol. The third-order valence-electron chi connectivity index (χ3n) is 3.41. The second-order valence-corrected chi connectivity index (χ2v) is 4.50. The molecule has 3 heteroatoms. The Balaban J connectivity index is 2.07. The normalized spacial score (nSPS) is 12.9. The van der Waals surface area contributed by atoms with Gasteiger partial charge in [-0.15, -0.1) is 0 Å². The molecule has 0 bridgehead atoms. The zero-order valence-corrected chi connectivity index (χ0v) is 10.4. The number of ether oxygens (including phenoxy) is 1. The van der Waals surface area contributed by atoms with E-state index in [1.54, 1.807) is 0 Å². The minimum Gasteiger partial charge on any atom is -0.463 e. The van der Waals surface area contributed by atoms with Crippen LogP contribution >= 0.6 is 0 Å². The lowest BCUT2D eigenvalue weighted by Gasteiger charge is -2.12. The molecule has 3 nitrogen and oxygen atoms in total. The summed E-state index contributed by atoms with van der Waals surface area (Å²) in [5, 5.41) is 8.77. The predicted octanol–water partition coefficient (Wildman–Crippen LogP) is 2.33. The van der Waals surface area contributed by atoms with Crippen LogP contribution in [-0.4, -0.2) is 24.3 Å². The molecule has 0 saturated carbocycles. The minimum absolute atomic E-state index is 0.0413. The first-order chi connectivity index (χ1) is 9.33. The fourth-order valence-electron chi connectivity index (χ4n) is 2.64. The molecule has 19 heavy (non-hydrogen) atoms. The van der Waals surface area contributed by atoms with Crippen molar-refractivity contribution in [2.75, 3.05) is 13.2 Å². The Hall–Kier alpha value is -2.13. The van der Waals surface area contributed by atoms with E-state index >= 15 is 0 Å². The van der Waals surface area contributed by atoms with Gasteiger partial charge in [-0.25, -0.2) is 0 Å². The lowest BCUT2D eigenvalue weighted by molar-refractivity contribution is -0.145. The number of esters is 1. The summed E-state index contributed by atoms with van der Waals surface area (Å²) in [6.45, 7) is -0.110. The quantitative estimate of drug-likeness (QED) is 0.855. The summed E-state index contributed by atoms with van der Waals surface area (Å²) in [5.41, 5.74) is 4.13. The molecule has 0 unspecified atom stereocenters. The van der Waals surface area contributed by atoms with E-state index in [4.69, 9.17) is 9.84 Å². The summed E-state index contributed by atoms with van der Waals surface area (Å²) in [4.78, 5) is 12.2. The summed E-state index contributed by atoms with van der Waals surface area (Å²) < 4.78 is 5.10. The summed E-state index contributed by atoms with van der Waals surface area (Å²) in [7, 11) is 0. The largest absolute Gasteiger partial charge is 0.463 e. The van der Waals surface area contributed by atoms with E-state index in [1.165, 1.54) is 0 Å². The highest BCUT2D eigenvalue weighted by molar-refractivity contribution is 5.93. The standard InChI is InChI=1S/C16H14O3/c17-9-10-19-16(18)15-13-7-3-1-5-11(13)12-6-2-4-8-14(12)15/h1-8,15,17H,9-10H2. The lowest BCUT2D eigenvalue weighted by Crippen LogP contribution is -2.17. The van der Waals surface area contributed by atoms with Gasteiger partial charge in [-0.2, -0.15) is 0 Å². The van der Waals surface area contributed by atoms with Gasteiger partial charge in [0.2, 0.25) is 0 Å². The fraction of sp³-hybridized carbons (Fsp3) is 0.188. The second kappa shape index (κ2) is 4.86. The van der Waals surface area contributed by atoms with E-state index in [9.17, 15) is 4.79 Å². The summed E-state index contributed by atoms with van der Waals surface area (Å²) >= 11 is 0. The van der Waals surface area contributed by atoms with Crippen molar-refractivity contribution in [2.45, 2.75) is 5.92 Å². The van der Waals surface area contributed by atoms with Gasteiger partial charge in [-0.3, -0.25) is 4.79 Å². The molecule has 1 N–H and O–H groups in total. The van der Waals surface area contributed by atoms with Crippen molar-refractivity contribution < 1.29 is 14.6 Å². The van der Waals surface area contributed by atoms with Crippen molar-refractivity contribution in [1.82, 2.24) is 0 Å². The Morgan fingerprint density at radius 3 is 2.05 bits per heavy atom. The third kappa shape index (κ3) is 1.92. The average Bonchev–Trinajstić information content (AvgIpc) is 2.79. The van der Waals surface area contributed by atoms with Gasteiger partial charge in [0.15, 0.2) is 0 Å². The SMILES string of the molecule is O=C(OCCO)C1c2ccccc2-c2ccccc21. The van der Waals surface area contributed by atoms with Crippen molar-refractivity contribution >= 4 is 5.97 Å². The van der Waals surface area contributed by atoms with Gasteiger partial charge >= 0.3 is 5.97 Å². The molecule has 1 aliphatic carbocycles. The number of carbonyl (C=O) groups excluding carboxylic acids is 1. The van der Waals surface area contributed by atoms with Gasteiger partial charge in [0.1, 0.15) is 12.5 Å². The zero-order chi connectivity index (χ0) is 13.2. The van der Waals surface area contributed by atoms with Gasteiger partial charge < -0.3 is 9.84 Å². The summed E-state index contributed by atoms with van der Waals surface area (Å²) in [6.07, 6.45) is 0. The van der Waals surface area contributed by atoms with E-state index in [2.05, 4.69) is 0 Å². The highest BCUT2D eigenvalue weighted by Gasteiger charge is 2.34. The number of rotatable bonds is 3. The van der Waals surface area contributed by atoms with E-state index in [0.29, 0.717) is 0 Å². The van der Waals surface area contributed by atoms with Crippen LogP contribution in [0.3, 0.4) is 0 Å². The number of aliphatic hydroxyl groups excluding tert-OH is 1. The molecule has 3 rings (SSSR count). The monoisotopic (exact) mass is 254 g/mol. The molecule has 0 fully saturated rings. The Bertz CT molecular complexity index is 573. The van der Waals surface area contributed by atoms with Crippen LogP contribution in [0.2, 0.25) is 0 Å². The number of carbonyl (C=O) groups is 1. The smallest absolute Gasteiger partial charge is 0.318 e. The molecule has 0 aliphatic heterocycles. The Morgan fingerprint density at radius 1 is 1.00 bits per heavy atom. The number of hydrogen-bond donors (Lipinski definition) is 1. The topological polar surface area (TPSA) is 46.5 Å². The number of aliphatic hydroxyl groups is 1. The predicted molar refractivity (Wildman–Crippen MR) is 71.8 cm³/mol. The fourth-order valence-corrected chi connectivity index (χ4v) is 2.64. The number of fused-ring (bicyclic) bond motifs is 3. The van der Waals surface area contributed by atoms with E-state index in [1.807, 2.05) is 48.5 Å². The van der Waals surface area contributed by atoms with E-state index < -0.39 is 0 Å². The van der Waals surface area contributed by atoms with Crippen molar-refractivity contribution in [3.05, 3.63) is 59.7 Å². The second-order valence-electron chi connectivity index (χ2n) is 4.50. The molecule has 2 aromatic carbocycles. The molecule has 2 aromatic rings. The Morgan fingerprint density at radius 2 is 1.53 bits per heavy atom. The minimum atomic E-state index is -0.376. The molecule has 0 atom stereocenters. The molecular formula is C16H14O3. The van der Waals surface area contributed by atoms with Crippen LogP contribution in [0.25, 0.3) is 11.1 Å². The van der Waals surface area contributed by atoms with Gasteiger partial charge in [-0.1, -0.05) is 48.5 Å². The zero-order valence-electron chi connectivity index (χ0n) is 10.4. The number of benzene rings is 2. The molecule has 1 aliphatic rings. The Kier molecular flexibility index (Phi) is 3.05. The average molecular weight is 254 g/mol. The van der Waals surface area contributed by atoms with Crippen molar-refractivity contribution in [2.24, 2.45) is 0 Å². The summed E-state index contributed by atoms with van der Waals surface area (Å²) in [6, 6.07) is 15.8. The van der Waals surface area contributed by atoms with E-state index in [0.717, 1.165) is 22.3 Å². The molecule has 0 spiro atoms. The Labute approximate surface area is 111 Å². The van der Waals surface area contributed by atoms with Crippen molar-refractivity contribution in [1.29, 1.82) is 0 Å². The molecule has 0 saturated heterocycles. The van der Waals surface area contributed by atoms with Crippen LogP contribution in [0.1, 0.15) is 17.0 Å². The highest BCUT2D eigenvalue weighted by atomic mass is 16.5. The maximum Gasteiger partial charge on any atom is 0.318 e. The first kappa shape index (κ1) is 11.9. The molecule has 0 amide bonds. The van der Waals surface area contributed by atoms with Crippen LogP contribution < -0.4 is 0 Å². The van der Waals surface area contributed by atoms with Crippen molar-refractivity contribution in [3.63, 3.8) is 0 Å². The maximum absolute atomic E-state index is 12.2. The first-order valence-corrected chi connectivity index (χ1v) is 6.28. The molecule has 96 valence electrons. The lowest BCUT2D eigenvalue weighted by atomic mass is 9.97. The van der Waals surface area contributed by atoms with E-state index in [-0.39, 0.29) is 25.1 Å². The van der Waals surface area contributed by atoms with Crippen LogP contribution in [0, 0.1) is 0 Å².